The van der Waals surface area contributed by atoms with Gasteiger partial charge in [-0.2, -0.15) is 0 Å². The summed E-state index contributed by atoms with van der Waals surface area (Å²) in [6.45, 7) is 3.75. The van der Waals surface area contributed by atoms with E-state index < -0.39 is 0 Å². The minimum absolute atomic E-state index is 0.552. The summed E-state index contributed by atoms with van der Waals surface area (Å²) in [5, 5.41) is 6.98. The molecule has 0 aliphatic heterocycles. The summed E-state index contributed by atoms with van der Waals surface area (Å²) >= 11 is 0. The van der Waals surface area contributed by atoms with Gasteiger partial charge in [0.2, 0.25) is 0 Å². The summed E-state index contributed by atoms with van der Waals surface area (Å²) in [5.74, 6) is 1.76. The lowest BCUT2D eigenvalue weighted by atomic mass is 9.87. The number of hydrogen-bond acceptors (Lipinski definition) is 2. The van der Waals surface area contributed by atoms with Gasteiger partial charge in [-0.1, -0.05) is 31.2 Å². The molecule has 0 radical (unpaired) electrons. The first-order valence-electron chi connectivity index (χ1n) is 8.25. The van der Waals surface area contributed by atoms with Crippen LogP contribution in [0.25, 0.3) is 0 Å². The molecule has 1 aromatic carbocycles. The molecule has 122 valence electrons. The second-order valence-corrected chi connectivity index (χ2v) is 6.23. The van der Waals surface area contributed by atoms with Crippen LogP contribution in [0.4, 0.5) is 0 Å². The van der Waals surface area contributed by atoms with E-state index in [-0.39, 0.29) is 0 Å². The van der Waals surface area contributed by atoms with Crippen molar-refractivity contribution in [2.45, 2.75) is 51.8 Å². The van der Waals surface area contributed by atoms with Gasteiger partial charge < -0.3 is 15.4 Å². The van der Waals surface area contributed by atoms with Crippen LogP contribution in [0.5, 0.6) is 0 Å². The second kappa shape index (κ2) is 8.79. The summed E-state index contributed by atoms with van der Waals surface area (Å²) in [4.78, 5) is 4.36. The number of aliphatic imine (C=N–C) groups is 1. The Balaban J connectivity index is 1.86. The zero-order valence-corrected chi connectivity index (χ0v) is 14.1. The molecule has 4 nitrogen and oxygen atoms in total. The van der Waals surface area contributed by atoms with Crippen molar-refractivity contribution in [3.63, 3.8) is 0 Å². The summed E-state index contributed by atoms with van der Waals surface area (Å²) in [7, 11) is 3.57. The van der Waals surface area contributed by atoms with Crippen LogP contribution in [0.15, 0.2) is 29.3 Å². The van der Waals surface area contributed by atoms with Gasteiger partial charge in [0.05, 0.1) is 6.61 Å². The lowest BCUT2D eigenvalue weighted by Gasteiger charge is -2.28. The Bertz CT molecular complexity index is 479. The molecule has 0 heterocycles. The van der Waals surface area contributed by atoms with Crippen LogP contribution in [0.2, 0.25) is 0 Å². The molecule has 1 aliphatic carbocycles. The number of hydrogen-bond donors (Lipinski definition) is 2. The van der Waals surface area contributed by atoms with E-state index in [0.29, 0.717) is 12.6 Å². The molecule has 0 aromatic heterocycles. The van der Waals surface area contributed by atoms with Crippen molar-refractivity contribution < 1.29 is 4.74 Å². The maximum atomic E-state index is 5.26. The standard InChI is InChI=1S/C18H29N3O/c1-14-8-10-17(11-9-14)21-18(19-2)20-12-15-6-4-5-7-16(15)13-22-3/h4-7,14,17H,8-13H2,1-3H3,(H2,19,20,21). The van der Waals surface area contributed by atoms with Crippen molar-refractivity contribution >= 4 is 5.96 Å². The van der Waals surface area contributed by atoms with Gasteiger partial charge in [-0.25, -0.2) is 0 Å². The third-order valence-corrected chi connectivity index (χ3v) is 4.44. The molecule has 0 amide bonds. The highest BCUT2D eigenvalue weighted by atomic mass is 16.5. The zero-order chi connectivity index (χ0) is 15.8. The molecule has 2 rings (SSSR count). The summed E-state index contributed by atoms with van der Waals surface area (Å²) < 4.78 is 5.26. The van der Waals surface area contributed by atoms with Crippen LogP contribution in [0.1, 0.15) is 43.7 Å². The predicted molar refractivity (Wildman–Crippen MR) is 91.9 cm³/mol. The van der Waals surface area contributed by atoms with E-state index in [2.05, 4.69) is 40.7 Å². The maximum absolute atomic E-state index is 5.26. The molecule has 0 atom stereocenters. The number of guanidine groups is 1. The molecule has 4 heteroatoms. The first kappa shape index (κ1) is 16.8. The minimum atomic E-state index is 0.552. The van der Waals surface area contributed by atoms with Crippen LogP contribution in [-0.4, -0.2) is 26.2 Å². The molecule has 0 spiro atoms. The molecular formula is C18H29N3O. The lowest BCUT2D eigenvalue weighted by Crippen LogP contribution is -2.44. The Morgan fingerprint density at radius 2 is 1.86 bits per heavy atom. The van der Waals surface area contributed by atoms with E-state index in [1.165, 1.54) is 36.8 Å². The fourth-order valence-electron chi connectivity index (χ4n) is 3.00. The van der Waals surface area contributed by atoms with Gasteiger partial charge >= 0.3 is 0 Å². The Labute approximate surface area is 134 Å². The fraction of sp³-hybridized carbons (Fsp3) is 0.611. The Morgan fingerprint density at radius 3 is 2.50 bits per heavy atom. The van der Waals surface area contributed by atoms with Crippen LogP contribution in [0, 0.1) is 5.92 Å². The third-order valence-electron chi connectivity index (χ3n) is 4.44. The SMILES string of the molecule is CN=C(NCc1ccccc1COC)NC1CCC(C)CC1. The molecule has 1 fully saturated rings. The summed E-state index contributed by atoms with van der Waals surface area (Å²) in [5.41, 5.74) is 2.48. The Morgan fingerprint density at radius 1 is 1.18 bits per heavy atom. The first-order chi connectivity index (χ1) is 10.7. The molecule has 1 aromatic rings. The van der Waals surface area contributed by atoms with E-state index in [1.807, 2.05) is 13.1 Å². The lowest BCUT2D eigenvalue weighted by molar-refractivity contribution is 0.184. The molecule has 22 heavy (non-hydrogen) atoms. The van der Waals surface area contributed by atoms with E-state index >= 15 is 0 Å². The highest BCUT2D eigenvalue weighted by molar-refractivity contribution is 5.80. The largest absolute Gasteiger partial charge is 0.380 e. The molecule has 0 unspecified atom stereocenters. The average molecular weight is 303 g/mol. The molecule has 1 saturated carbocycles. The van der Waals surface area contributed by atoms with Crippen molar-refractivity contribution in [1.29, 1.82) is 0 Å². The second-order valence-electron chi connectivity index (χ2n) is 6.23. The van der Waals surface area contributed by atoms with Gasteiger partial charge in [-0.05, 0) is 42.7 Å². The average Bonchev–Trinajstić information content (AvgIpc) is 2.55. The number of nitrogens with one attached hydrogen (secondary N) is 2. The van der Waals surface area contributed by atoms with Crippen LogP contribution < -0.4 is 10.6 Å². The first-order valence-corrected chi connectivity index (χ1v) is 8.25. The highest BCUT2D eigenvalue weighted by Crippen LogP contribution is 2.23. The minimum Gasteiger partial charge on any atom is -0.380 e. The highest BCUT2D eigenvalue weighted by Gasteiger charge is 2.18. The van der Waals surface area contributed by atoms with Gasteiger partial charge in [-0.3, -0.25) is 4.99 Å². The molecule has 0 bridgehead atoms. The Kier molecular flexibility index (Phi) is 6.72. The van der Waals surface area contributed by atoms with Crippen molar-refractivity contribution in [2.24, 2.45) is 10.9 Å². The molecule has 0 saturated heterocycles. The normalized spacial score (nSPS) is 22.4. The molecule has 2 N–H and O–H groups in total. The predicted octanol–water partition coefficient (Wildman–Crippen LogP) is 3.08. The molecule has 1 aliphatic rings. The van der Waals surface area contributed by atoms with Gasteiger partial charge in [-0.15, -0.1) is 0 Å². The van der Waals surface area contributed by atoms with Crippen LogP contribution in [-0.2, 0) is 17.9 Å². The fourth-order valence-corrected chi connectivity index (χ4v) is 3.00. The van der Waals surface area contributed by atoms with Crippen molar-refractivity contribution in [1.82, 2.24) is 10.6 Å². The van der Waals surface area contributed by atoms with Crippen molar-refractivity contribution in [3.05, 3.63) is 35.4 Å². The van der Waals surface area contributed by atoms with E-state index in [0.717, 1.165) is 18.4 Å². The molecular weight excluding hydrogens is 274 g/mol. The van der Waals surface area contributed by atoms with E-state index in [4.69, 9.17) is 4.74 Å². The quantitative estimate of drug-likeness (QED) is 0.649. The number of ether oxygens (including phenoxy) is 1. The van der Waals surface area contributed by atoms with E-state index in [9.17, 15) is 0 Å². The smallest absolute Gasteiger partial charge is 0.191 e. The number of nitrogens with zero attached hydrogens (tertiary/aromatic N) is 1. The summed E-state index contributed by atoms with van der Waals surface area (Å²) in [6, 6.07) is 8.91. The van der Waals surface area contributed by atoms with E-state index in [1.54, 1.807) is 7.11 Å². The number of benzene rings is 1. The van der Waals surface area contributed by atoms with Gasteiger partial charge in [0.15, 0.2) is 5.96 Å². The van der Waals surface area contributed by atoms with Crippen LogP contribution in [0.3, 0.4) is 0 Å². The number of methoxy groups -OCH3 is 1. The zero-order valence-electron chi connectivity index (χ0n) is 14.1. The van der Waals surface area contributed by atoms with Crippen molar-refractivity contribution in [3.8, 4) is 0 Å². The van der Waals surface area contributed by atoms with Crippen molar-refractivity contribution in [2.75, 3.05) is 14.2 Å². The number of rotatable bonds is 5. The van der Waals surface area contributed by atoms with Gasteiger partial charge in [0.1, 0.15) is 0 Å². The Hall–Kier alpha value is -1.55. The summed E-state index contributed by atoms with van der Waals surface area (Å²) in [6.07, 6.45) is 5.10. The monoisotopic (exact) mass is 303 g/mol. The van der Waals surface area contributed by atoms with Crippen LogP contribution >= 0.6 is 0 Å². The topological polar surface area (TPSA) is 45.7 Å². The van der Waals surface area contributed by atoms with Gasteiger partial charge in [0.25, 0.3) is 0 Å². The van der Waals surface area contributed by atoms with Gasteiger partial charge in [0, 0.05) is 26.7 Å². The third kappa shape index (κ3) is 5.02. The maximum Gasteiger partial charge on any atom is 0.191 e.